The average Bonchev–Trinajstić information content (AvgIpc) is 2.69. The molecule has 0 saturated carbocycles. The molecule has 0 aliphatic heterocycles. The maximum atomic E-state index is 13.6. The van der Waals surface area contributed by atoms with E-state index in [1.165, 1.54) is 17.8 Å². The van der Waals surface area contributed by atoms with Crippen LogP contribution in [0.15, 0.2) is 70.5 Å². The smallest absolute Gasteiger partial charge is 0.336 e. The van der Waals surface area contributed by atoms with Crippen LogP contribution in [0.2, 0.25) is 0 Å². The maximum Gasteiger partial charge on any atom is 0.336 e. The van der Waals surface area contributed by atoms with E-state index in [0.29, 0.717) is 28.6 Å². The highest BCUT2D eigenvalue weighted by atomic mass is 32.2. The van der Waals surface area contributed by atoms with Gasteiger partial charge in [0.25, 0.3) is 0 Å². The zero-order valence-corrected chi connectivity index (χ0v) is 16.3. The van der Waals surface area contributed by atoms with E-state index in [1.54, 1.807) is 26.2 Å². The molecule has 4 nitrogen and oxygen atoms in total. The molecule has 0 fully saturated rings. The van der Waals surface area contributed by atoms with E-state index in [-0.39, 0.29) is 5.56 Å². The van der Waals surface area contributed by atoms with Crippen LogP contribution in [0.1, 0.15) is 21.5 Å². The molecule has 144 valence electrons. The molecule has 3 aromatic carbocycles. The second kappa shape index (κ2) is 8.80. The Morgan fingerprint density at radius 3 is 2.50 bits per heavy atom. The number of rotatable bonds is 7. The van der Waals surface area contributed by atoms with Crippen LogP contribution in [0.25, 0.3) is 0 Å². The van der Waals surface area contributed by atoms with E-state index in [9.17, 15) is 14.3 Å². The summed E-state index contributed by atoms with van der Waals surface area (Å²) in [5.74, 6) is -0.607. The van der Waals surface area contributed by atoms with Crippen LogP contribution < -0.4 is 9.47 Å². The van der Waals surface area contributed by atoms with Gasteiger partial charge >= 0.3 is 5.97 Å². The summed E-state index contributed by atoms with van der Waals surface area (Å²) in [6, 6.07) is 17.5. The first-order chi connectivity index (χ1) is 13.5. The van der Waals surface area contributed by atoms with E-state index >= 15 is 0 Å². The van der Waals surface area contributed by atoms with Crippen molar-refractivity contribution in [3.63, 3.8) is 0 Å². The Labute approximate surface area is 166 Å². The van der Waals surface area contributed by atoms with Crippen molar-refractivity contribution in [1.82, 2.24) is 0 Å². The third-order valence-electron chi connectivity index (χ3n) is 4.06. The molecule has 3 aromatic rings. The van der Waals surface area contributed by atoms with Crippen molar-refractivity contribution in [2.45, 2.75) is 23.3 Å². The third-order valence-corrected chi connectivity index (χ3v) is 5.30. The van der Waals surface area contributed by atoms with E-state index in [1.807, 2.05) is 36.4 Å². The summed E-state index contributed by atoms with van der Waals surface area (Å²) in [5.41, 5.74) is 1.53. The molecule has 0 bridgehead atoms. The molecule has 0 saturated heterocycles. The summed E-state index contributed by atoms with van der Waals surface area (Å²) < 4.78 is 24.9. The molecule has 0 amide bonds. The van der Waals surface area contributed by atoms with Crippen molar-refractivity contribution in [3.05, 3.63) is 83.2 Å². The summed E-state index contributed by atoms with van der Waals surface area (Å²) in [5, 5.41) is 9.39. The fourth-order valence-corrected chi connectivity index (χ4v) is 3.72. The van der Waals surface area contributed by atoms with Crippen molar-refractivity contribution < 1.29 is 23.8 Å². The highest BCUT2D eigenvalue weighted by Crippen LogP contribution is 2.38. The highest BCUT2D eigenvalue weighted by molar-refractivity contribution is 7.99. The standard InChI is InChI=1S/C22H19FO4S/c1-14-10-16(23)11-18(22(24)25)21(14)28-17-8-9-19(20(12-17)26-2)27-13-15-6-4-3-5-7-15/h3-12H,13H2,1-2H3,(H,24,25). The molecule has 0 unspecified atom stereocenters. The van der Waals surface area contributed by atoms with Crippen molar-refractivity contribution in [3.8, 4) is 11.5 Å². The van der Waals surface area contributed by atoms with Crippen LogP contribution in [0, 0.1) is 12.7 Å². The molecule has 0 heterocycles. The zero-order chi connectivity index (χ0) is 20.1. The molecule has 6 heteroatoms. The number of methoxy groups -OCH3 is 1. The number of carboxylic acids is 1. The molecule has 0 atom stereocenters. The van der Waals surface area contributed by atoms with Crippen LogP contribution in [0.4, 0.5) is 4.39 Å². The lowest BCUT2D eigenvalue weighted by Gasteiger charge is -2.14. The Morgan fingerprint density at radius 1 is 1.07 bits per heavy atom. The molecule has 3 rings (SSSR count). The highest BCUT2D eigenvalue weighted by Gasteiger charge is 2.17. The minimum Gasteiger partial charge on any atom is -0.493 e. The number of carboxylic acid groups (broad SMARTS) is 1. The van der Waals surface area contributed by atoms with Gasteiger partial charge in [0.2, 0.25) is 0 Å². The number of aromatic carboxylic acids is 1. The molecule has 0 aliphatic rings. The average molecular weight is 398 g/mol. The Morgan fingerprint density at radius 2 is 1.82 bits per heavy atom. The molecule has 0 spiro atoms. The van der Waals surface area contributed by atoms with E-state index in [4.69, 9.17) is 9.47 Å². The van der Waals surface area contributed by atoms with Crippen molar-refractivity contribution >= 4 is 17.7 Å². The summed E-state index contributed by atoms with van der Waals surface area (Å²) in [7, 11) is 1.55. The Balaban J connectivity index is 1.84. The van der Waals surface area contributed by atoms with E-state index in [0.717, 1.165) is 16.5 Å². The largest absolute Gasteiger partial charge is 0.493 e. The normalized spacial score (nSPS) is 10.5. The fourth-order valence-electron chi connectivity index (χ4n) is 2.71. The predicted molar refractivity (Wildman–Crippen MR) is 106 cm³/mol. The van der Waals surface area contributed by atoms with Crippen molar-refractivity contribution in [2.24, 2.45) is 0 Å². The van der Waals surface area contributed by atoms with Gasteiger partial charge in [-0.3, -0.25) is 0 Å². The lowest BCUT2D eigenvalue weighted by Crippen LogP contribution is -2.02. The number of hydrogen-bond acceptors (Lipinski definition) is 4. The van der Waals surface area contributed by atoms with Crippen LogP contribution in [0.3, 0.4) is 0 Å². The molecular weight excluding hydrogens is 379 g/mol. The minimum atomic E-state index is -1.17. The second-order valence-corrected chi connectivity index (χ2v) is 7.18. The van der Waals surface area contributed by atoms with Gasteiger partial charge in [0, 0.05) is 9.79 Å². The van der Waals surface area contributed by atoms with Gasteiger partial charge in [-0.05, 0) is 48.4 Å². The summed E-state index contributed by atoms with van der Waals surface area (Å²) in [6.07, 6.45) is 0. The molecule has 0 aromatic heterocycles. The van der Waals surface area contributed by atoms with Gasteiger partial charge in [0.05, 0.1) is 12.7 Å². The molecule has 1 N–H and O–H groups in total. The van der Waals surface area contributed by atoms with E-state index < -0.39 is 11.8 Å². The SMILES string of the molecule is COc1cc(Sc2c(C)cc(F)cc2C(=O)O)ccc1OCc1ccccc1. The van der Waals surface area contributed by atoms with Gasteiger partial charge in [-0.25, -0.2) is 9.18 Å². The van der Waals surface area contributed by atoms with Gasteiger partial charge in [0.1, 0.15) is 12.4 Å². The van der Waals surface area contributed by atoms with Gasteiger partial charge in [-0.1, -0.05) is 42.1 Å². The van der Waals surface area contributed by atoms with Crippen LogP contribution in [0.5, 0.6) is 11.5 Å². The van der Waals surface area contributed by atoms with Crippen LogP contribution in [-0.4, -0.2) is 18.2 Å². The first-order valence-corrected chi connectivity index (χ1v) is 9.35. The van der Waals surface area contributed by atoms with Crippen molar-refractivity contribution in [2.75, 3.05) is 7.11 Å². The molecule has 0 radical (unpaired) electrons. The quantitative estimate of drug-likeness (QED) is 0.564. The topological polar surface area (TPSA) is 55.8 Å². The van der Waals surface area contributed by atoms with Gasteiger partial charge in [-0.15, -0.1) is 0 Å². The number of hydrogen-bond donors (Lipinski definition) is 1. The monoisotopic (exact) mass is 398 g/mol. The number of aryl methyl sites for hydroxylation is 1. The van der Waals surface area contributed by atoms with Gasteiger partial charge < -0.3 is 14.6 Å². The third kappa shape index (κ3) is 4.64. The van der Waals surface area contributed by atoms with Crippen LogP contribution in [-0.2, 0) is 6.61 Å². The predicted octanol–water partition coefficient (Wildman–Crippen LogP) is 5.57. The Kier molecular flexibility index (Phi) is 6.21. The Hall–Kier alpha value is -2.99. The Bertz CT molecular complexity index is 989. The van der Waals surface area contributed by atoms with Crippen LogP contribution >= 0.6 is 11.8 Å². The molecular formula is C22H19FO4S. The lowest BCUT2D eigenvalue weighted by atomic mass is 10.1. The number of ether oxygens (including phenoxy) is 2. The van der Waals surface area contributed by atoms with E-state index in [2.05, 4.69) is 0 Å². The summed E-state index contributed by atoms with van der Waals surface area (Å²) in [6.45, 7) is 2.09. The lowest BCUT2D eigenvalue weighted by molar-refractivity contribution is 0.0692. The first-order valence-electron chi connectivity index (χ1n) is 8.54. The maximum absolute atomic E-state index is 13.6. The number of benzene rings is 3. The number of halogens is 1. The second-order valence-electron chi connectivity index (χ2n) is 6.09. The van der Waals surface area contributed by atoms with Gasteiger partial charge in [-0.2, -0.15) is 0 Å². The minimum absolute atomic E-state index is 0.0640. The van der Waals surface area contributed by atoms with Gasteiger partial charge in [0.15, 0.2) is 11.5 Å². The van der Waals surface area contributed by atoms with Crippen molar-refractivity contribution in [1.29, 1.82) is 0 Å². The summed E-state index contributed by atoms with van der Waals surface area (Å²) in [4.78, 5) is 12.7. The molecule has 0 aliphatic carbocycles. The summed E-state index contributed by atoms with van der Waals surface area (Å²) >= 11 is 1.25. The number of carbonyl (C=O) groups is 1. The fraction of sp³-hybridized carbons (Fsp3) is 0.136. The molecule has 28 heavy (non-hydrogen) atoms. The zero-order valence-electron chi connectivity index (χ0n) is 15.4. The first kappa shape index (κ1) is 19.8.